The third kappa shape index (κ3) is 4.13. The second-order valence-electron chi connectivity index (χ2n) is 7.16. The second kappa shape index (κ2) is 8.40. The molecule has 4 rings (SSSR count). The van der Waals surface area contributed by atoms with Gasteiger partial charge in [-0.1, -0.05) is 29.8 Å². The van der Waals surface area contributed by atoms with E-state index in [2.05, 4.69) is 10.1 Å². The largest absolute Gasteiger partial charge is 0.464 e. The van der Waals surface area contributed by atoms with Crippen LogP contribution in [0.15, 0.2) is 35.1 Å². The highest BCUT2D eigenvalue weighted by Crippen LogP contribution is 2.29. The van der Waals surface area contributed by atoms with E-state index in [1.165, 1.54) is 11.8 Å². The van der Waals surface area contributed by atoms with Gasteiger partial charge < -0.3 is 9.72 Å². The molecule has 0 unspecified atom stereocenters. The molecule has 8 nitrogen and oxygen atoms in total. The molecule has 0 saturated carbocycles. The van der Waals surface area contributed by atoms with Crippen molar-refractivity contribution in [1.29, 1.82) is 0 Å². The Morgan fingerprint density at radius 1 is 1.28 bits per heavy atom. The molecule has 0 spiro atoms. The fraction of sp³-hybridized carbons (Fsp3) is 0.300. The first-order valence-corrected chi connectivity index (χ1v) is 9.89. The highest BCUT2D eigenvalue weighted by molar-refractivity contribution is 6.31. The van der Waals surface area contributed by atoms with Gasteiger partial charge in [0, 0.05) is 31.6 Å². The summed E-state index contributed by atoms with van der Waals surface area (Å²) >= 11 is 6.55. The molecule has 3 aromatic rings. The van der Waals surface area contributed by atoms with Crippen molar-refractivity contribution in [3.05, 3.63) is 74.2 Å². The Hall–Kier alpha value is -3.18. The highest BCUT2D eigenvalue weighted by Gasteiger charge is 2.36. The molecular weight excluding hydrogens is 451 g/mol. The summed E-state index contributed by atoms with van der Waals surface area (Å²) in [5.74, 6) is -1.99. The Bertz CT molecular complexity index is 1220. The number of hydrogen-bond acceptors (Lipinski definition) is 6. The van der Waals surface area contributed by atoms with Crippen LogP contribution in [0.5, 0.6) is 0 Å². The molecule has 0 atom stereocenters. The van der Waals surface area contributed by atoms with E-state index in [4.69, 9.17) is 16.3 Å². The number of benzene rings is 1. The van der Waals surface area contributed by atoms with Crippen LogP contribution in [0, 0.1) is 0 Å². The van der Waals surface area contributed by atoms with Crippen molar-refractivity contribution in [3.63, 3.8) is 0 Å². The number of nitrogens with one attached hydrogen (secondary N) is 1. The van der Waals surface area contributed by atoms with Gasteiger partial charge in [-0.15, -0.1) is 0 Å². The zero-order chi connectivity index (χ0) is 23.0. The van der Waals surface area contributed by atoms with Crippen molar-refractivity contribution >= 4 is 17.6 Å². The molecule has 1 aliphatic rings. The highest BCUT2D eigenvalue weighted by atomic mass is 35.5. The van der Waals surface area contributed by atoms with Gasteiger partial charge in [0.2, 0.25) is 5.82 Å². The lowest BCUT2D eigenvalue weighted by Crippen LogP contribution is -2.37. The van der Waals surface area contributed by atoms with Crippen molar-refractivity contribution in [1.82, 2.24) is 24.6 Å². The van der Waals surface area contributed by atoms with Gasteiger partial charge in [0.25, 0.3) is 5.56 Å². The van der Waals surface area contributed by atoms with Gasteiger partial charge in [-0.05, 0) is 12.1 Å². The molecular formula is C20H17ClF3N5O3. The van der Waals surface area contributed by atoms with E-state index < -0.39 is 23.5 Å². The van der Waals surface area contributed by atoms with E-state index in [1.54, 1.807) is 34.1 Å². The lowest BCUT2D eigenvalue weighted by atomic mass is 10.1. The Balaban J connectivity index is 1.66. The van der Waals surface area contributed by atoms with Gasteiger partial charge in [-0.25, -0.2) is 14.5 Å². The number of rotatable bonds is 4. The number of carbonyl (C=O) groups excluding carboxylic acids is 1. The summed E-state index contributed by atoms with van der Waals surface area (Å²) in [4.78, 5) is 31.8. The molecule has 0 radical (unpaired) electrons. The summed E-state index contributed by atoms with van der Waals surface area (Å²) in [6.07, 6.45) is -4.60. The number of nitrogens with zero attached hydrogens (tertiary/aromatic N) is 4. The monoisotopic (exact) mass is 467 g/mol. The average Bonchev–Trinajstić information content (AvgIpc) is 3.09. The van der Waals surface area contributed by atoms with Gasteiger partial charge in [-0.2, -0.15) is 18.3 Å². The second-order valence-corrected chi connectivity index (χ2v) is 7.51. The lowest BCUT2D eigenvalue weighted by molar-refractivity contribution is -0.145. The number of carbonyl (C=O) groups is 1. The molecule has 0 saturated heterocycles. The standard InChI is InChI=1S/C20H17ClF3N5O3/c1-32-18(31)15-13(16(21)29(27-15)11-5-3-2-4-6-11)10-28-8-7-14-12(9-28)17(30)26-19(25-14)20(22,23)24/h2-6H,7-10H2,1H3,(H,25,26,30). The molecule has 12 heteroatoms. The minimum absolute atomic E-state index is 0.0200. The van der Waals surface area contributed by atoms with Crippen LogP contribution < -0.4 is 5.56 Å². The van der Waals surface area contributed by atoms with Crippen molar-refractivity contribution in [2.24, 2.45) is 0 Å². The predicted molar refractivity (Wildman–Crippen MR) is 108 cm³/mol. The number of methoxy groups -OCH3 is 1. The van der Waals surface area contributed by atoms with Gasteiger partial charge in [0.05, 0.1) is 24.1 Å². The SMILES string of the molecule is COC(=O)c1nn(-c2ccccc2)c(Cl)c1CN1CCc2nc(C(F)(F)F)[nH]c(=O)c2C1. The normalized spacial score (nSPS) is 14.3. The molecule has 168 valence electrons. The van der Waals surface area contributed by atoms with Crippen LogP contribution in [0.2, 0.25) is 5.15 Å². The van der Waals surface area contributed by atoms with Crippen LogP contribution >= 0.6 is 11.6 Å². The van der Waals surface area contributed by atoms with Gasteiger partial charge in [-0.3, -0.25) is 9.69 Å². The lowest BCUT2D eigenvalue weighted by Gasteiger charge is -2.27. The Morgan fingerprint density at radius 2 is 2.00 bits per heavy atom. The Kier molecular flexibility index (Phi) is 5.78. The first-order chi connectivity index (χ1) is 15.2. The molecule has 1 aliphatic heterocycles. The van der Waals surface area contributed by atoms with E-state index in [9.17, 15) is 22.8 Å². The zero-order valence-electron chi connectivity index (χ0n) is 16.7. The smallest absolute Gasteiger partial charge is 0.449 e. The summed E-state index contributed by atoms with van der Waals surface area (Å²) in [7, 11) is 1.22. The molecule has 1 aromatic carbocycles. The molecule has 0 bridgehead atoms. The minimum Gasteiger partial charge on any atom is -0.464 e. The first kappa shape index (κ1) is 22.0. The summed E-state index contributed by atoms with van der Waals surface area (Å²) in [6, 6.07) is 8.94. The maximum absolute atomic E-state index is 12.9. The van der Waals surface area contributed by atoms with Crippen molar-refractivity contribution in [2.75, 3.05) is 13.7 Å². The number of ether oxygens (including phenoxy) is 1. The van der Waals surface area contributed by atoms with Crippen molar-refractivity contribution in [3.8, 4) is 5.69 Å². The quantitative estimate of drug-likeness (QED) is 0.593. The van der Waals surface area contributed by atoms with Gasteiger partial charge in [0.1, 0.15) is 5.15 Å². The topological polar surface area (TPSA) is 93.1 Å². The number of fused-ring (bicyclic) bond motifs is 1. The summed E-state index contributed by atoms with van der Waals surface area (Å²) in [5.41, 5.74) is 0.463. The van der Waals surface area contributed by atoms with Gasteiger partial charge >= 0.3 is 12.1 Å². The van der Waals surface area contributed by atoms with Crippen LogP contribution in [-0.2, 0) is 30.4 Å². The molecule has 0 fully saturated rings. The number of H-pyrrole nitrogens is 1. The molecule has 0 aliphatic carbocycles. The average molecular weight is 468 g/mol. The van der Waals surface area contributed by atoms with E-state index in [0.29, 0.717) is 17.8 Å². The van der Waals surface area contributed by atoms with Crippen LogP contribution in [0.3, 0.4) is 0 Å². The Labute approximate surface area is 184 Å². The van der Waals surface area contributed by atoms with Crippen LogP contribution in [0.1, 0.15) is 33.1 Å². The zero-order valence-corrected chi connectivity index (χ0v) is 17.5. The van der Waals surface area contributed by atoms with Crippen LogP contribution in [-0.4, -0.2) is 44.3 Å². The number of alkyl halides is 3. The maximum Gasteiger partial charge on any atom is 0.449 e. The maximum atomic E-state index is 12.9. The molecule has 0 amide bonds. The summed E-state index contributed by atoms with van der Waals surface area (Å²) in [5, 5.41) is 4.49. The molecule has 2 aromatic heterocycles. The molecule has 1 N–H and O–H groups in total. The van der Waals surface area contributed by atoms with E-state index in [0.717, 1.165) is 0 Å². The third-order valence-electron chi connectivity index (χ3n) is 5.10. The summed E-state index contributed by atoms with van der Waals surface area (Å²) in [6.45, 7) is 0.494. The fourth-order valence-corrected chi connectivity index (χ4v) is 3.83. The van der Waals surface area contributed by atoms with E-state index in [-0.39, 0.29) is 41.6 Å². The van der Waals surface area contributed by atoms with Crippen molar-refractivity contribution in [2.45, 2.75) is 25.7 Å². The number of aromatic amines is 1. The first-order valence-electron chi connectivity index (χ1n) is 9.51. The van der Waals surface area contributed by atoms with Crippen LogP contribution in [0.25, 0.3) is 5.69 Å². The van der Waals surface area contributed by atoms with Gasteiger partial charge in [0.15, 0.2) is 5.69 Å². The number of aromatic nitrogens is 4. The number of hydrogen-bond donors (Lipinski definition) is 1. The van der Waals surface area contributed by atoms with E-state index in [1.807, 2.05) is 6.07 Å². The molecule has 3 heterocycles. The fourth-order valence-electron chi connectivity index (χ4n) is 3.54. The number of halogens is 4. The predicted octanol–water partition coefficient (Wildman–Crippen LogP) is 2.97. The number of esters is 1. The summed E-state index contributed by atoms with van der Waals surface area (Å²) < 4.78 is 45.0. The van der Waals surface area contributed by atoms with Crippen molar-refractivity contribution < 1.29 is 22.7 Å². The third-order valence-corrected chi connectivity index (χ3v) is 5.49. The van der Waals surface area contributed by atoms with E-state index >= 15 is 0 Å². The van der Waals surface area contributed by atoms with Crippen LogP contribution in [0.4, 0.5) is 13.2 Å². The number of para-hydroxylation sites is 1. The molecule has 32 heavy (non-hydrogen) atoms. The minimum atomic E-state index is -4.74. The Morgan fingerprint density at radius 3 is 2.66 bits per heavy atom.